The standard InChI is InChI=1S/C13H18FN3O4.ClH/c14-9-1-3-11(4-2-9)21-8-10(18)6-16-13(20)7-17-12(19)5-15;/h1-4,10,18H,5-8,15H2,(H,16,20)(H,17,19);1H. The first-order valence-electron chi connectivity index (χ1n) is 6.31. The highest BCUT2D eigenvalue weighted by atomic mass is 35.5. The van der Waals surface area contributed by atoms with Gasteiger partial charge in [0.05, 0.1) is 13.1 Å². The van der Waals surface area contributed by atoms with E-state index in [1.807, 2.05) is 0 Å². The van der Waals surface area contributed by atoms with Crippen molar-refractivity contribution in [2.45, 2.75) is 6.10 Å². The van der Waals surface area contributed by atoms with Crippen molar-refractivity contribution in [1.29, 1.82) is 0 Å². The van der Waals surface area contributed by atoms with Crippen molar-refractivity contribution in [2.24, 2.45) is 5.73 Å². The molecule has 0 radical (unpaired) electrons. The summed E-state index contributed by atoms with van der Waals surface area (Å²) in [7, 11) is 0. The Morgan fingerprint density at radius 3 is 2.45 bits per heavy atom. The summed E-state index contributed by atoms with van der Waals surface area (Å²) < 4.78 is 17.9. The van der Waals surface area contributed by atoms with Crippen molar-refractivity contribution in [1.82, 2.24) is 10.6 Å². The average molecular weight is 336 g/mol. The highest BCUT2D eigenvalue weighted by molar-refractivity contribution is 5.85. The molecule has 2 amide bonds. The lowest BCUT2D eigenvalue weighted by Gasteiger charge is -2.13. The summed E-state index contributed by atoms with van der Waals surface area (Å²) in [5.74, 6) is -0.852. The van der Waals surface area contributed by atoms with Crippen LogP contribution in [0.25, 0.3) is 0 Å². The zero-order valence-corrected chi connectivity index (χ0v) is 12.6. The average Bonchev–Trinajstić information content (AvgIpc) is 2.49. The first kappa shape index (κ1) is 20.1. The Hall–Kier alpha value is -1.90. The Bertz CT molecular complexity index is 473. The van der Waals surface area contributed by atoms with E-state index in [1.165, 1.54) is 24.3 Å². The summed E-state index contributed by atoms with van der Waals surface area (Å²) in [4.78, 5) is 22.1. The predicted octanol–water partition coefficient (Wildman–Crippen LogP) is -0.822. The molecular weight excluding hydrogens is 317 g/mol. The van der Waals surface area contributed by atoms with Crippen LogP contribution in [0.5, 0.6) is 5.75 Å². The summed E-state index contributed by atoms with van der Waals surface area (Å²) >= 11 is 0. The zero-order chi connectivity index (χ0) is 15.7. The maximum atomic E-state index is 12.7. The maximum absolute atomic E-state index is 12.7. The second kappa shape index (κ2) is 10.8. The third-order valence-electron chi connectivity index (χ3n) is 2.42. The Kier molecular flexibility index (Phi) is 9.84. The van der Waals surface area contributed by atoms with Gasteiger partial charge in [-0.05, 0) is 24.3 Å². The fourth-order valence-electron chi connectivity index (χ4n) is 1.33. The largest absolute Gasteiger partial charge is 0.491 e. The molecule has 0 bridgehead atoms. The van der Waals surface area contributed by atoms with Crippen molar-refractivity contribution in [3.63, 3.8) is 0 Å². The number of carbonyl (C=O) groups excluding carboxylic acids is 2. The highest BCUT2D eigenvalue weighted by Gasteiger charge is 2.09. The van der Waals surface area contributed by atoms with Crippen LogP contribution in [0.3, 0.4) is 0 Å². The lowest BCUT2D eigenvalue weighted by atomic mass is 10.3. The van der Waals surface area contributed by atoms with Gasteiger partial charge in [-0.15, -0.1) is 12.4 Å². The quantitative estimate of drug-likeness (QED) is 0.495. The molecule has 0 spiro atoms. The third-order valence-corrected chi connectivity index (χ3v) is 2.42. The number of aliphatic hydroxyl groups is 1. The van der Waals surface area contributed by atoms with Gasteiger partial charge in [0.1, 0.15) is 24.3 Å². The van der Waals surface area contributed by atoms with E-state index >= 15 is 0 Å². The number of nitrogens with two attached hydrogens (primary N) is 1. The molecule has 0 aliphatic heterocycles. The van der Waals surface area contributed by atoms with Crippen LogP contribution in [-0.4, -0.2) is 49.3 Å². The third kappa shape index (κ3) is 8.40. The fourth-order valence-corrected chi connectivity index (χ4v) is 1.33. The second-order valence-corrected chi connectivity index (χ2v) is 4.20. The van der Waals surface area contributed by atoms with Gasteiger partial charge < -0.3 is 26.2 Å². The van der Waals surface area contributed by atoms with Gasteiger partial charge in [0, 0.05) is 6.54 Å². The molecule has 0 saturated carbocycles. The van der Waals surface area contributed by atoms with Crippen LogP contribution in [0, 0.1) is 5.82 Å². The van der Waals surface area contributed by atoms with Gasteiger partial charge in [0.15, 0.2) is 0 Å². The molecule has 0 aliphatic carbocycles. The van der Waals surface area contributed by atoms with Crippen LogP contribution in [0.2, 0.25) is 0 Å². The minimum absolute atomic E-state index is 0. The van der Waals surface area contributed by atoms with Crippen LogP contribution >= 0.6 is 12.4 Å². The highest BCUT2D eigenvalue weighted by Crippen LogP contribution is 2.10. The van der Waals surface area contributed by atoms with E-state index in [-0.39, 0.29) is 44.5 Å². The Balaban J connectivity index is 0.00000441. The summed E-state index contributed by atoms with van der Waals surface area (Å²) in [5, 5.41) is 14.3. The molecule has 1 aromatic rings. The molecule has 0 heterocycles. The van der Waals surface area contributed by atoms with E-state index in [0.29, 0.717) is 5.75 Å². The number of rotatable bonds is 8. The van der Waals surface area contributed by atoms with Gasteiger partial charge in [0.2, 0.25) is 11.8 Å². The van der Waals surface area contributed by atoms with Crippen molar-refractivity contribution < 1.29 is 23.8 Å². The molecule has 5 N–H and O–H groups in total. The van der Waals surface area contributed by atoms with Crippen LogP contribution in [0.4, 0.5) is 4.39 Å². The summed E-state index contributed by atoms with van der Waals surface area (Å²) in [6.45, 7) is -0.484. The molecule has 7 nitrogen and oxygen atoms in total. The number of carbonyl (C=O) groups is 2. The van der Waals surface area contributed by atoms with E-state index in [1.54, 1.807) is 0 Å². The first-order valence-corrected chi connectivity index (χ1v) is 6.31. The molecule has 1 rings (SSSR count). The Morgan fingerprint density at radius 2 is 1.86 bits per heavy atom. The minimum atomic E-state index is -0.927. The SMILES string of the molecule is Cl.NCC(=O)NCC(=O)NCC(O)COc1ccc(F)cc1. The lowest BCUT2D eigenvalue weighted by Crippen LogP contribution is -2.42. The molecule has 0 aromatic heterocycles. The molecule has 0 fully saturated rings. The number of halogens is 2. The van der Waals surface area contributed by atoms with Gasteiger partial charge in [-0.3, -0.25) is 9.59 Å². The van der Waals surface area contributed by atoms with Crippen molar-refractivity contribution >= 4 is 24.2 Å². The van der Waals surface area contributed by atoms with Crippen molar-refractivity contribution in [2.75, 3.05) is 26.2 Å². The molecule has 22 heavy (non-hydrogen) atoms. The molecular formula is C13H19ClFN3O4. The molecule has 9 heteroatoms. The molecule has 1 aromatic carbocycles. The predicted molar refractivity (Wildman–Crippen MR) is 80.2 cm³/mol. The monoisotopic (exact) mass is 335 g/mol. The van der Waals surface area contributed by atoms with Gasteiger partial charge in [-0.2, -0.15) is 0 Å². The van der Waals surface area contributed by atoms with E-state index in [9.17, 15) is 19.1 Å². The van der Waals surface area contributed by atoms with Gasteiger partial charge in [-0.25, -0.2) is 4.39 Å². The number of aliphatic hydroxyl groups excluding tert-OH is 1. The number of nitrogens with one attached hydrogen (secondary N) is 2. The van der Waals surface area contributed by atoms with Crippen LogP contribution in [0.15, 0.2) is 24.3 Å². The molecule has 1 unspecified atom stereocenters. The maximum Gasteiger partial charge on any atom is 0.239 e. The van der Waals surface area contributed by atoms with E-state index in [2.05, 4.69) is 10.6 Å². The first-order chi connectivity index (χ1) is 10.0. The summed E-state index contributed by atoms with van der Waals surface area (Å²) in [5.41, 5.74) is 5.06. The number of ether oxygens (including phenoxy) is 1. The Labute approximate surface area is 133 Å². The van der Waals surface area contributed by atoms with E-state index in [0.717, 1.165) is 0 Å². The molecule has 124 valence electrons. The fraction of sp³-hybridized carbons (Fsp3) is 0.385. The number of hydrogen-bond donors (Lipinski definition) is 4. The van der Waals surface area contributed by atoms with Gasteiger partial charge in [-0.1, -0.05) is 0 Å². The number of amides is 2. The normalized spacial score (nSPS) is 11.0. The smallest absolute Gasteiger partial charge is 0.239 e. The van der Waals surface area contributed by atoms with Crippen LogP contribution < -0.4 is 21.1 Å². The molecule has 0 saturated heterocycles. The molecule has 1 atom stereocenters. The van der Waals surface area contributed by atoms with Crippen molar-refractivity contribution in [3.8, 4) is 5.75 Å². The van der Waals surface area contributed by atoms with Gasteiger partial charge >= 0.3 is 0 Å². The lowest BCUT2D eigenvalue weighted by molar-refractivity contribution is -0.125. The minimum Gasteiger partial charge on any atom is -0.491 e. The van der Waals surface area contributed by atoms with E-state index < -0.39 is 17.9 Å². The molecule has 0 aliphatic rings. The van der Waals surface area contributed by atoms with Crippen LogP contribution in [-0.2, 0) is 9.59 Å². The topological polar surface area (TPSA) is 114 Å². The number of hydrogen-bond acceptors (Lipinski definition) is 5. The Morgan fingerprint density at radius 1 is 1.23 bits per heavy atom. The van der Waals surface area contributed by atoms with Gasteiger partial charge in [0.25, 0.3) is 0 Å². The second-order valence-electron chi connectivity index (χ2n) is 4.20. The number of benzene rings is 1. The summed E-state index contributed by atoms with van der Waals surface area (Å²) in [6, 6.07) is 5.35. The summed E-state index contributed by atoms with van der Waals surface area (Å²) in [6.07, 6.45) is -0.927. The van der Waals surface area contributed by atoms with Crippen LogP contribution in [0.1, 0.15) is 0 Å². The van der Waals surface area contributed by atoms with E-state index in [4.69, 9.17) is 10.5 Å². The zero-order valence-electron chi connectivity index (χ0n) is 11.8. The van der Waals surface area contributed by atoms with Crippen molar-refractivity contribution in [3.05, 3.63) is 30.1 Å².